The number of esters is 1. The lowest BCUT2D eigenvalue weighted by atomic mass is 9.86. The first-order valence-corrected chi connectivity index (χ1v) is 20.5. The second-order valence-corrected chi connectivity index (χ2v) is 16.5. The fourth-order valence-electron chi connectivity index (χ4n) is 7.77. The molecule has 58 heavy (non-hydrogen) atoms. The quantitative estimate of drug-likeness (QED) is 0.116. The van der Waals surface area contributed by atoms with Crippen LogP contribution in [0.25, 0.3) is 0 Å². The number of H-pyrrole nitrogens is 1. The van der Waals surface area contributed by atoms with Crippen molar-refractivity contribution in [1.82, 2.24) is 20.2 Å². The first-order chi connectivity index (χ1) is 27.5. The van der Waals surface area contributed by atoms with Crippen LogP contribution in [-0.4, -0.2) is 102 Å². The first-order valence-electron chi connectivity index (χ1n) is 20.5. The summed E-state index contributed by atoms with van der Waals surface area (Å²) in [4.78, 5) is 80.8. The number of methoxy groups -OCH3 is 1. The summed E-state index contributed by atoms with van der Waals surface area (Å²) in [5.74, 6) is -4.09. The lowest BCUT2D eigenvalue weighted by Crippen LogP contribution is -2.54. The highest BCUT2D eigenvalue weighted by Gasteiger charge is 2.57. The van der Waals surface area contributed by atoms with Gasteiger partial charge in [-0.15, -0.1) is 0 Å². The molecule has 18 heteroatoms. The summed E-state index contributed by atoms with van der Waals surface area (Å²) in [5.41, 5.74) is 3.47. The van der Waals surface area contributed by atoms with Crippen LogP contribution in [0.4, 0.5) is 0 Å². The van der Waals surface area contributed by atoms with E-state index < -0.39 is 95.4 Å². The number of hydrogen-bond acceptors (Lipinski definition) is 13. The van der Waals surface area contributed by atoms with Crippen LogP contribution in [0.5, 0.6) is 0 Å². The minimum absolute atomic E-state index is 0.244. The van der Waals surface area contributed by atoms with Gasteiger partial charge < -0.3 is 49.5 Å². The zero-order chi connectivity index (χ0) is 42.2. The Hall–Kier alpha value is -4.10. The molecule has 4 aliphatic rings. The fourth-order valence-corrected chi connectivity index (χ4v) is 7.77. The van der Waals surface area contributed by atoms with Gasteiger partial charge >= 0.3 is 11.7 Å². The lowest BCUT2D eigenvalue weighted by Gasteiger charge is -2.35. The Morgan fingerprint density at radius 1 is 1.03 bits per heavy atom. The van der Waals surface area contributed by atoms with Gasteiger partial charge in [0.05, 0.1) is 5.41 Å². The summed E-state index contributed by atoms with van der Waals surface area (Å²) < 4.78 is 43.7. The van der Waals surface area contributed by atoms with E-state index in [4.69, 9.17) is 38.9 Å². The molecule has 1 aromatic heterocycles. The molecule has 0 aromatic carbocycles. The van der Waals surface area contributed by atoms with Crippen molar-refractivity contribution in [1.29, 1.82) is 0 Å². The van der Waals surface area contributed by atoms with Gasteiger partial charge in [0.2, 0.25) is 18.1 Å². The number of rotatable bonds is 19. The Morgan fingerprint density at radius 3 is 2.41 bits per heavy atom. The van der Waals surface area contributed by atoms with E-state index >= 15 is 0 Å². The Kier molecular flexibility index (Phi) is 15.3. The highest BCUT2D eigenvalue weighted by molar-refractivity contribution is 5.95. The second-order valence-electron chi connectivity index (χ2n) is 16.5. The van der Waals surface area contributed by atoms with E-state index in [-0.39, 0.29) is 11.7 Å². The summed E-state index contributed by atoms with van der Waals surface area (Å²) in [7, 11) is 1.31. The van der Waals surface area contributed by atoms with Gasteiger partial charge in [0, 0.05) is 25.9 Å². The van der Waals surface area contributed by atoms with Gasteiger partial charge in [-0.2, -0.15) is 0 Å². The molecule has 18 nitrogen and oxygen atoms in total. The zero-order valence-corrected chi connectivity index (χ0v) is 34.5. The number of nitrogens with zero attached hydrogens (tertiary/aromatic N) is 1. The number of carbonyl (C=O) groups excluding carboxylic acids is 4. The predicted molar refractivity (Wildman–Crippen MR) is 207 cm³/mol. The highest BCUT2D eigenvalue weighted by Crippen LogP contribution is 2.40. The number of ether oxygens (including phenoxy) is 7. The van der Waals surface area contributed by atoms with Gasteiger partial charge in [-0.25, -0.2) is 4.79 Å². The van der Waals surface area contributed by atoms with E-state index in [2.05, 4.69) is 22.5 Å². The normalized spacial score (nSPS) is 28.7. The SMILES string of the molecule is CCCCCCCCCCC(C)(C)C(=O)OC1C(OC)C(C(OC2OC(C(=O)NC3CCCCNC3=O)=CC3OC(C)(C)OC32)C(N)=O)OC1n1ccc(=O)[nH]c1=O. The molecule has 4 aliphatic heterocycles. The first kappa shape index (κ1) is 45.0. The van der Waals surface area contributed by atoms with Crippen molar-refractivity contribution in [3.8, 4) is 0 Å². The number of fused-ring (bicyclic) bond motifs is 1. The summed E-state index contributed by atoms with van der Waals surface area (Å²) in [6.07, 6.45) is 3.21. The maximum absolute atomic E-state index is 13.9. The smallest absolute Gasteiger partial charge is 0.330 e. The van der Waals surface area contributed by atoms with E-state index in [0.29, 0.717) is 25.8 Å². The van der Waals surface area contributed by atoms with Gasteiger partial charge in [0.15, 0.2) is 36.1 Å². The third-order valence-corrected chi connectivity index (χ3v) is 11.0. The maximum Gasteiger partial charge on any atom is 0.330 e. The van der Waals surface area contributed by atoms with Gasteiger partial charge in [0.1, 0.15) is 24.4 Å². The fraction of sp³-hybridized carbons (Fsp3) is 0.750. The monoisotopic (exact) mass is 819 g/mol. The average molecular weight is 820 g/mol. The minimum atomic E-state index is -1.71. The van der Waals surface area contributed by atoms with Crippen LogP contribution in [0.2, 0.25) is 0 Å². The molecule has 0 bridgehead atoms. The number of primary amides is 1. The third-order valence-electron chi connectivity index (χ3n) is 11.0. The summed E-state index contributed by atoms with van der Waals surface area (Å²) >= 11 is 0. The van der Waals surface area contributed by atoms with Crippen molar-refractivity contribution in [3.05, 3.63) is 44.9 Å². The largest absolute Gasteiger partial charge is 0.456 e. The Labute approximate surface area is 338 Å². The number of carbonyl (C=O) groups is 4. The molecule has 9 unspecified atom stereocenters. The summed E-state index contributed by atoms with van der Waals surface area (Å²) in [6, 6.07) is 0.291. The van der Waals surface area contributed by atoms with Crippen molar-refractivity contribution in [2.45, 2.75) is 173 Å². The molecule has 9 atom stereocenters. The van der Waals surface area contributed by atoms with Crippen LogP contribution < -0.4 is 27.6 Å². The van der Waals surface area contributed by atoms with E-state index in [9.17, 15) is 28.8 Å². The molecule has 5 rings (SSSR count). The lowest BCUT2D eigenvalue weighted by molar-refractivity contribution is -0.241. The molecule has 3 amide bonds. The number of aromatic nitrogens is 2. The van der Waals surface area contributed by atoms with E-state index in [0.717, 1.165) is 42.7 Å². The Bertz CT molecular complexity index is 1760. The highest BCUT2D eigenvalue weighted by atomic mass is 16.8. The van der Waals surface area contributed by atoms with Gasteiger partial charge in [-0.1, -0.05) is 58.3 Å². The number of amides is 3. The van der Waals surface area contributed by atoms with E-state index in [1.807, 2.05) is 0 Å². The number of hydrogen-bond donors (Lipinski definition) is 4. The topological polar surface area (TPSA) is 238 Å². The van der Waals surface area contributed by atoms with Gasteiger partial charge in [0.25, 0.3) is 11.5 Å². The van der Waals surface area contributed by atoms with Crippen molar-refractivity contribution in [2.75, 3.05) is 13.7 Å². The molecule has 0 saturated carbocycles. The number of nitrogens with one attached hydrogen (secondary N) is 3. The van der Waals surface area contributed by atoms with Crippen molar-refractivity contribution < 1.29 is 52.3 Å². The Morgan fingerprint density at radius 2 is 1.74 bits per heavy atom. The third kappa shape index (κ3) is 11.1. The van der Waals surface area contributed by atoms with E-state index in [1.165, 1.54) is 45.1 Å². The molecular formula is C40H61N5O13. The summed E-state index contributed by atoms with van der Waals surface area (Å²) in [5, 5.41) is 5.48. The van der Waals surface area contributed by atoms with Crippen LogP contribution in [0.15, 0.2) is 33.7 Å². The van der Waals surface area contributed by atoms with E-state index in [1.54, 1.807) is 27.7 Å². The number of unbranched alkanes of at least 4 members (excludes halogenated alkanes) is 7. The molecule has 3 saturated heterocycles. The van der Waals surface area contributed by atoms with Gasteiger partial charge in [-0.05, 0) is 59.5 Å². The molecule has 0 spiro atoms. The molecule has 1 aromatic rings. The molecule has 5 N–H and O–H groups in total. The maximum atomic E-state index is 13.9. The zero-order valence-electron chi connectivity index (χ0n) is 34.5. The predicted octanol–water partition coefficient (Wildman–Crippen LogP) is 2.33. The molecule has 0 aliphatic carbocycles. The molecule has 3 fully saturated rings. The van der Waals surface area contributed by atoms with Crippen LogP contribution in [0.3, 0.4) is 0 Å². The molecule has 0 radical (unpaired) electrons. The summed E-state index contributed by atoms with van der Waals surface area (Å²) in [6.45, 7) is 9.53. The van der Waals surface area contributed by atoms with Crippen LogP contribution in [0.1, 0.15) is 118 Å². The Balaban J connectivity index is 1.37. The molecule has 324 valence electrons. The number of nitrogens with two attached hydrogens (primary N) is 1. The number of aromatic amines is 1. The molecular weight excluding hydrogens is 758 g/mol. The molecule has 5 heterocycles. The standard InChI is InChI=1S/C40H61N5O13/c1-7-8-9-10-11-12-13-15-19-39(2,3)37(50)56-31-28(52-6)29(54-35(31)45-21-18-26(46)44-38(45)51)30(32(41)47)55-36-27-24(57-40(4,5)58-27)22-25(53-36)34(49)43-23-17-14-16-20-42-33(23)48/h18,21-24,27-31,35-36H,7-17,19-20H2,1-6H3,(H2,41,47)(H,42,48)(H,43,49)(H,44,46,51). The second kappa shape index (κ2) is 19.8. The van der Waals surface area contributed by atoms with Crippen molar-refractivity contribution in [3.63, 3.8) is 0 Å². The van der Waals surface area contributed by atoms with Crippen molar-refractivity contribution >= 4 is 23.7 Å². The van der Waals surface area contributed by atoms with Gasteiger partial charge in [-0.3, -0.25) is 33.5 Å². The van der Waals surface area contributed by atoms with Crippen LogP contribution in [-0.2, 0) is 52.3 Å². The van der Waals surface area contributed by atoms with Crippen LogP contribution >= 0.6 is 0 Å². The van der Waals surface area contributed by atoms with Crippen molar-refractivity contribution in [2.24, 2.45) is 11.1 Å². The van der Waals surface area contributed by atoms with Crippen LogP contribution in [0, 0.1) is 5.41 Å². The average Bonchev–Trinajstić information content (AvgIpc) is 3.60. The minimum Gasteiger partial charge on any atom is -0.456 e.